The Morgan fingerprint density at radius 3 is 2.93 bits per heavy atom. The first-order chi connectivity index (χ1) is 13.9. The van der Waals surface area contributed by atoms with Crippen LogP contribution in [0, 0.1) is 11.3 Å². The first kappa shape index (κ1) is 18.8. The van der Waals surface area contributed by atoms with E-state index < -0.39 is 11.6 Å². The maximum Gasteiger partial charge on any atom is 0.328 e. The lowest BCUT2D eigenvalue weighted by Gasteiger charge is -2.41. The second-order valence-electron chi connectivity index (χ2n) is 7.84. The fourth-order valence-corrected chi connectivity index (χ4v) is 3.78. The summed E-state index contributed by atoms with van der Waals surface area (Å²) < 4.78 is 0. The Balaban J connectivity index is 1.57. The van der Waals surface area contributed by atoms with Gasteiger partial charge in [-0.05, 0) is 38.5 Å². The van der Waals surface area contributed by atoms with Crippen LogP contribution in [-0.2, 0) is 4.79 Å². The van der Waals surface area contributed by atoms with E-state index in [1.807, 2.05) is 6.08 Å². The normalized spacial score (nSPS) is 22.5. The first-order valence-electron chi connectivity index (χ1n) is 9.56. The van der Waals surface area contributed by atoms with E-state index in [-0.39, 0.29) is 18.0 Å². The smallest absolute Gasteiger partial charge is 0.328 e. The van der Waals surface area contributed by atoms with Crippen molar-refractivity contribution in [1.29, 1.82) is 5.26 Å². The summed E-state index contributed by atoms with van der Waals surface area (Å²) in [5.74, 6) is 0.749. The van der Waals surface area contributed by atoms with Crippen molar-refractivity contribution in [3.8, 4) is 6.07 Å². The van der Waals surface area contributed by atoms with Crippen LogP contribution in [0.2, 0.25) is 0 Å². The number of carbonyl (C=O) groups is 2. The zero-order valence-electron chi connectivity index (χ0n) is 16.3. The Morgan fingerprint density at radius 1 is 1.38 bits per heavy atom. The Kier molecular flexibility index (Phi) is 4.62. The second kappa shape index (κ2) is 7.13. The lowest BCUT2D eigenvalue weighted by molar-refractivity contribution is -0.123. The molecule has 3 amide bonds. The van der Waals surface area contributed by atoms with Gasteiger partial charge < -0.3 is 15.5 Å². The lowest BCUT2D eigenvalue weighted by atomic mass is 10.1. The minimum Gasteiger partial charge on any atom is -0.366 e. The van der Waals surface area contributed by atoms with Gasteiger partial charge in [0.25, 0.3) is 0 Å². The molecule has 1 fully saturated rings. The molecule has 0 aromatic carbocycles. The number of fused-ring (bicyclic) bond motifs is 3. The largest absolute Gasteiger partial charge is 0.366 e. The van der Waals surface area contributed by atoms with E-state index in [4.69, 9.17) is 0 Å². The van der Waals surface area contributed by atoms with Crippen molar-refractivity contribution >= 4 is 17.8 Å². The highest BCUT2D eigenvalue weighted by Gasteiger charge is 2.42. The SMILES string of the molecule is CC(C)(C#N)NC(=O)C1C=CC2=C(N1)N(C(=O)Nc1ccccn1)[C@H]1CCN2C1. The number of amides is 3. The molecule has 0 aliphatic carbocycles. The number of nitriles is 1. The molecule has 1 saturated heterocycles. The van der Waals surface area contributed by atoms with Crippen LogP contribution in [0.3, 0.4) is 0 Å². The molecule has 0 spiro atoms. The average Bonchev–Trinajstić information content (AvgIpc) is 3.12. The zero-order valence-corrected chi connectivity index (χ0v) is 16.3. The summed E-state index contributed by atoms with van der Waals surface area (Å²) in [5, 5.41) is 17.9. The van der Waals surface area contributed by atoms with Gasteiger partial charge in [-0.25, -0.2) is 9.78 Å². The summed E-state index contributed by atoms with van der Waals surface area (Å²) >= 11 is 0. The molecule has 0 saturated carbocycles. The molecule has 1 unspecified atom stereocenters. The fourth-order valence-electron chi connectivity index (χ4n) is 3.78. The second-order valence-corrected chi connectivity index (χ2v) is 7.84. The van der Waals surface area contributed by atoms with E-state index in [0.29, 0.717) is 11.6 Å². The molecule has 0 radical (unpaired) electrons. The van der Waals surface area contributed by atoms with Crippen LogP contribution in [0.4, 0.5) is 10.6 Å². The number of allylic oxidation sites excluding steroid dienone is 1. The summed E-state index contributed by atoms with van der Waals surface area (Å²) in [6.45, 7) is 4.88. The van der Waals surface area contributed by atoms with Gasteiger partial charge in [-0.1, -0.05) is 12.1 Å². The number of aromatic nitrogens is 1. The maximum atomic E-state index is 13.1. The van der Waals surface area contributed by atoms with Gasteiger partial charge in [0.05, 0.1) is 17.8 Å². The van der Waals surface area contributed by atoms with Gasteiger partial charge >= 0.3 is 6.03 Å². The lowest BCUT2D eigenvalue weighted by Crippen LogP contribution is -2.57. The molecule has 4 heterocycles. The summed E-state index contributed by atoms with van der Waals surface area (Å²) in [7, 11) is 0. The van der Waals surface area contributed by atoms with Crippen LogP contribution in [0.25, 0.3) is 0 Å². The summed E-state index contributed by atoms with van der Waals surface area (Å²) in [4.78, 5) is 33.8. The molecule has 4 rings (SSSR count). The quantitative estimate of drug-likeness (QED) is 0.709. The third-order valence-electron chi connectivity index (χ3n) is 5.21. The molecule has 3 aliphatic rings. The van der Waals surface area contributed by atoms with Gasteiger partial charge in [0, 0.05) is 19.3 Å². The van der Waals surface area contributed by atoms with Crippen LogP contribution in [-0.4, -0.2) is 57.4 Å². The Morgan fingerprint density at radius 2 is 2.21 bits per heavy atom. The van der Waals surface area contributed by atoms with Crippen molar-refractivity contribution in [2.75, 3.05) is 18.4 Å². The monoisotopic (exact) mass is 393 g/mol. The molecule has 1 aromatic rings. The number of hydrogen-bond donors (Lipinski definition) is 3. The van der Waals surface area contributed by atoms with E-state index in [0.717, 1.165) is 25.2 Å². The number of hydrogen-bond acceptors (Lipinski definition) is 6. The molecule has 3 N–H and O–H groups in total. The average molecular weight is 393 g/mol. The number of anilines is 1. The van der Waals surface area contributed by atoms with E-state index in [1.165, 1.54) is 0 Å². The van der Waals surface area contributed by atoms with Crippen molar-refractivity contribution in [2.45, 2.75) is 37.9 Å². The van der Waals surface area contributed by atoms with Crippen LogP contribution in [0.1, 0.15) is 20.3 Å². The summed E-state index contributed by atoms with van der Waals surface area (Å²) in [5.41, 5.74) is -0.0923. The highest BCUT2D eigenvalue weighted by molar-refractivity contribution is 5.91. The number of carbonyl (C=O) groups excluding carboxylic acids is 2. The molecule has 9 heteroatoms. The minimum absolute atomic E-state index is 0.00993. The number of dihydropyridines is 1. The molecule has 1 aromatic heterocycles. The topological polar surface area (TPSA) is 113 Å². The van der Waals surface area contributed by atoms with Crippen LogP contribution < -0.4 is 16.0 Å². The van der Waals surface area contributed by atoms with Gasteiger partial charge in [-0.2, -0.15) is 5.26 Å². The van der Waals surface area contributed by atoms with Crippen LogP contribution in [0.5, 0.6) is 0 Å². The third-order valence-corrected chi connectivity index (χ3v) is 5.21. The predicted octanol–water partition coefficient (Wildman–Crippen LogP) is 1.12. The highest BCUT2D eigenvalue weighted by atomic mass is 16.2. The van der Waals surface area contributed by atoms with Gasteiger partial charge in [0.15, 0.2) is 0 Å². The Hall–Kier alpha value is -3.54. The first-order valence-corrected chi connectivity index (χ1v) is 9.56. The summed E-state index contributed by atoms with van der Waals surface area (Å²) in [6.07, 6.45) is 6.09. The van der Waals surface area contributed by atoms with Crippen molar-refractivity contribution in [3.05, 3.63) is 48.1 Å². The van der Waals surface area contributed by atoms with Crippen molar-refractivity contribution in [2.24, 2.45) is 0 Å². The molecule has 3 aliphatic heterocycles. The van der Waals surface area contributed by atoms with Gasteiger partial charge in [0.1, 0.15) is 23.2 Å². The third kappa shape index (κ3) is 3.61. The molecular formula is C20H23N7O2. The molecule has 9 nitrogen and oxygen atoms in total. The van der Waals surface area contributed by atoms with Crippen LogP contribution >= 0.6 is 0 Å². The maximum absolute atomic E-state index is 13.1. The van der Waals surface area contributed by atoms with Crippen molar-refractivity contribution < 1.29 is 9.59 Å². The van der Waals surface area contributed by atoms with E-state index in [2.05, 4.69) is 31.9 Å². The number of rotatable bonds is 3. The van der Waals surface area contributed by atoms with E-state index in [1.54, 1.807) is 49.2 Å². The van der Waals surface area contributed by atoms with Crippen molar-refractivity contribution in [3.63, 3.8) is 0 Å². The molecule has 2 bridgehead atoms. The standard InChI is InChI=1S/C20H23N7O2/c1-20(2,12-21)25-18(28)14-6-7-15-17(23-14)27(13-8-10-26(15)11-13)19(29)24-16-5-3-4-9-22-16/h3-7,9,13-14,23H,8,10-11H2,1-2H3,(H,25,28)(H,22,24,29)/t13-,14?/m0/s1. The minimum atomic E-state index is -0.980. The number of urea groups is 1. The van der Waals surface area contributed by atoms with E-state index in [9.17, 15) is 14.9 Å². The highest BCUT2D eigenvalue weighted by Crippen LogP contribution is 2.33. The molecule has 29 heavy (non-hydrogen) atoms. The summed E-state index contributed by atoms with van der Waals surface area (Å²) in [6, 6.07) is 6.42. The Bertz CT molecular complexity index is 932. The van der Waals surface area contributed by atoms with Gasteiger partial charge in [0.2, 0.25) is 5.91 Å². The van der Waals surface area contributed by atoms with Crippen molar-refractivity contribution in [1.82, 2.24) is 25.4 Å². The fraction of sp³-hybridized carbons (Fsp3) is 0.400. The van der Waals surface area contributed by atoms with Gasteiger partial charge in [-0.15, -0.1) is 0 Å². The van der Waals surface area contributed by atoms with Gasteiger partial charge in [-0.3, -0.25) is 15.0 Å². The predicted molar refractivity (Wildman–Crippen MR) is 106 cm³/mol. The number of nitrogens with one attached hydrogen (secondary N) is 3. The number of pyridine rings is 1. The van der Waals surface area contributed by atoms with E-state index >= 15 is 0 Å². The zero-order chi connectivity index (χ0) is 20.6. The molecular weight excluding hydrogens is 370 g/mol. The van der Waals surface area contributed by atoms with Crippen LogP contribution in [0.15, 0.2) is 48.1 Å². The molecule has 2 atom stereocenters. The number of nitrogens with zero attached hydrogens (tertiary/aromatic N) is 4. The Labute approximate surface area is 169 Å². The molecule has 150 valence electrons.